The Bertz CT molecular complexity index is 896. The van der Waals surface area contributed by atoms with Crippen LogP contribution in [0.1, 0.15) is 33.6 Å². The molecule has 0 bridgehead atoms. The van der Waals surface area contributed by atoms with E-state index in [9.17, 15) is 21.6 Å². The third kappa shape index (κ3) is 5.91. The average molecular weight is 419 g/mol. The van der Waals surface area contributed by atoms with Crippen LogP contribution in [-0.4, -0.2) is 58.8 Å². The Morgan fingerprint density at radius 1 is 1.07 bits per heavy atom. The Balaban J connectivity index is 2.06. The zero-order valence-corrected chi connectivity index (χ0v) is 17.6. The van der Waals surface area contributed by atoms with E-state index < -0.39 is 31.6 Å². The summed E-state index contributed by atoms with van der Waals surface area (Å²) in [6, 6.07) is 5.12. The van der Waals surface area contributed by atoms with Crippen molar-refractivity contribution in [2.75, 3.05) is 19.3 Å². The van der Waals surface area contributed by atoms with Crippen LogP contribution in [0.4, 0.5) is 4.79 Å². The maximum atomic E-state index is 12.7. The monoisotopic (exact) mass is 418 g/mol. The Labute approximate surface area is 160 Å². The Kier molecular flexibility index (Phi) is 6.23. The standard InChI is InChI=1S/C17H26N2O6S2/c1-17(2,3)25-16(20)19-11-9-13(10-12-19)18-27(23,24)15-8-6-5-7-14(15)26(4,21)22/h5-8,13,18H,9-12H2,1-4H3. The van der Waals surface area contributed by atoms with Gasteiger partial charge in [-0.3, -0.25) is 0 Å². The molecule has 0 aliphatic carbocycles. The highest BCUT2D eigenvalue weighted by atomic mass is 32.2. The van der Waals surface area contributed by atoms with Crippen molar-refractivity contribution in [2.45, 2.75) is 55.0 Å². The zero-order chi connectivity index (χ0) is 20.5. The summed E-state index contributed by atoms with van der Waals surface area (Å²) in [5.74, 6) is 0. The number of likely N-dealkylation sites (tertiary alicyclic amines) is 1. The number of sulfonamides is 1. The summed E-state index contributed by atoms with van der Waals surface area (Å²) in [4.78, 5) is 13.1. The molecule has 0 radical (unpaired) electrons. The van der Waals surface area contributed by atoms with E-state index in [2.05, 4.69) is 4.72 Å². The van der Waals surface area contributed by atoms with Gasteiger partial charge >= 0.3 is 6.09 Å². The van der Waals surface area contributed by atoms with E-state index in [0.29, 0.717) is 25.9 Å². The minimum Gasteiger partial charge on any atom is -0.444 e. The molecular formula is C17H26N2O6S2. The first-order valence-corrected chi connectivity index (χ1v) is 12.0. The second-order valence-electron chi connectivity index (χ2n) is 7.58. The number of sulfone groups is 1. The van der Waals surface area contributed by atoms with Crippen LogP contribution in [0.15, 0.2) is 34.1 Å². The smallest absolute Gasteiger partial charge is 0.410 e. The second-order valence-corrected chi connectivity index (χ2v) is 11.2. The largest absolute Gasteiger partial charge is 0.444 e. The highest BCUT2D eigenvalue weighted by Gasteiger charge is 2.31. The number of nitrogens with one attached hydrogen (secondary N) is 1. The third-order valence-corrected chi connectivity index (χ3v) is 6.87. The Morgan fingerprint density at radius 2 is 1.59 bits per heavy atom. The minimum atomic E-state index is -4.00. The van der Waals surface area contributed by atoms with E-state index >= 15 is 0 Å². The van der Waals surface area contributed by atoms with E-state index in [1.54, 1.807) is 25.7 Å². The molecule has 0 unspecified atom stereocenters. The molecule has 1 aromatic rings. The molecule has 1 saturated heterocycles. The first-order valence-electron chi connectivity index (χ1n) is 8.59. The molecule has 0 atom stereocenters. The van der Waals surface area contributed by atoms with Crippen LogP contribution in [0.3, 0.4) is 0 Å². The number of carbonyl (C=O) groups excluding carboxylic acids is 1. The fraction of sp³-hybridized carbons (Fsp3) is 0.588. The lowest BCUT2D eigenvalue weighted by Gasteiger charge is -2.33. The predicted octanol–water partition coefficient (Wildman–Crippen LogP) is 1.77. The highest BCUT2D eigenvalue weighted by Crippen LogP contribution is 2.22. The van der Waals surface area contributed by atoms with E-state index in [0.717, 1.165) is 6.26 Å². The zero-order valence-electron chi connectivity index (χ0n) is 15.9. The quantitative estimate of drug-likeness (QED) is 0.798. The number of hydrogen-bond acceptors (Lipinski definition) is 6. The summed E-state index contributed by atoms with van der Waals surface area (Å²) < 4.78 is 57.0. The van der Waals surface area contributed by atoms with Crippen LogP contribution in [0.5, 0.6) is 0 Å². The molecule has 1 aliphatic heterocycles. The maximum absolute atomic E-state index is 12.7. The van der Waals surface area contributed by atoms with Crippen LogP contribution in [0.25, 0.3) is 0 Å². The van der Waals surface area contributed by atoms with Gasteiger partial charge in [-0.2, -0.15) is 0 Å². The van der Waals surface area contributed by atoms with Gasteiger partial charge in [0.05, 0.1) is 4.90 Å². The van der Waals surface area contributed by atoms with E-state index in [-0.39, 0.29) is 15.8 Å². The van der Waals surface area contributed by atoms with Crippen molar-refractivity contribution in [1.29, 1.82) is 0 Å². The fourth-order valence-electron chi connectivity index (χ4n) is 2.77. The molecule has 1 amide bonds. The molecule has 10 heteroatoms. The highest BCUT2D eigenvalue weighted by molar-refractivity contribution is 7.93. The molecule has 2 rings (SSSR count). The molecule has 1 aliphatic rings. The Morgan fingerprint density at radius 3 is 2.07 bits per heavy atom. The number of carbonyl (C=O) groups is 1. The van der Waals surface area contributed by atoms with Gasteiger partial charge in [-0.25, -0.2) is 26.4 Å². The van der Waals surface area contributed by atoms with E-state index in [1.807, 2.05) is 0 Å². The second kappa shape index (κ2) is 7.76. The van der Waals surface area contributed by atoms with Gasteiger partial charge in [0, 0.05) is 25.4 Å². The topological polar surface area (TPSA) is 110 Å². The van der Waals surface area contributed by atoms with Crippen LogP contribution >= 0.6 is 0 Å². The molecule has 8 nitrogen and oxygen atoms in total. The van der Waals surface area contributed by atoms with Crippen LogP contribution in [0.2, 0.25) is 0 Å². The number of piperidine rings is 1. The molecule has 0 aromatic heterocycles. The van der Waals surface area contributed by atoms with Crippen molar-refractivity contribution in [2.24, 2.45) is 0 Å². The van der Waals surface area contributed by atoms with Gasteiger partial charge in [0.1, 0.15) is 10.5 Å². The first-order chi connectivity index (χ1) is 12.3. The van der Waals surface area contributed by atoms with Gasteiger partial charge in [-0.1, -0.05) is 12.1 Å². The summed E-state index contributed by atoms with van der Waals surface area (Å²) in [6.45, 7) is 6.06. The van der Waals surface area contributed by atoms with Crippen molar-refractivity contribution in [3.8, 4) is 0 Å². The molecular weight excluding hydrogens is 392 g/mol. The van der Waals surface area contributed by atoms with Crippen molar-refractivity contribution < 1.29 is 26.4 Å². The van der Waals surface area contributed by atoms with Gasteiger partial charge in [0.25, 0.3) is 0 Å². The SMILES string of the molecule is CC(C)(C)OC(=O)N1CCC(NS(=O)(=O)c2ccccc2S(C)(=O)=O)CC1. The first kappa shape index (κ1) is 21.6. The van der Waals surface area contributed by atoms with Crippen molar-refractivity contribution in [1.82, 2.24) is 9.62 Å². The third-order valence-electron chi connectivity index (χ3n) is 4.01. The lowest BCUT2D eigenvalue weighted by atomic mass is 10.1. The molecule has 152 valence electrons. The van der Waals surface area contributed by atoms with Crippen molar-refractivity contribution in [3.63, 3.8) is 0 Å². The number of nitrogens with zero attached hydrogens (tertiary/aromatic N) is 1. The molecule has 0 saturated carbocycles. The van der Waals surface area contributed by atoms with Gasteiger partial charge in [-0.05, 0) is 45.7 Å². The number of hydrogen-bond donors (Lipinski definition) is 1. The van der Waals surface area contributed by atoms with Crippen LogP contribution in [-0.2, 0) is 24.6 Å². The number of rotatable bonds is 4. The molecule has 1 fully saturated rings. The maximum Gasteiger partial charge on any atom is 0.410 e. The number of amides is 1. The van der Waals surface area contributed by atoms with E-state index in [4.69, 9.17) is 4.74 Å². The summed E-state index contributed by atoms with van der Waals surface area (Å²) in [7, 11) is -7.69. The Hall–Kier alpha value is -1.65. The molecule has 1 heterocycles. The molecule has 1 aromatic carbocycles. The summed E-state index contributed by atoms with van der Waals surface area (Å²) in [5, 5.41) is 0. The normalized spacial score (nSPS) is 17.0. The molecule has 1 N–H and O–H groups in total. The lowest BCUT2D eigenvalue weighted by Crippen LogP contribution is -2.47. The van der Waals surface area contributed by atoms with Crippen molar-refractivity contribution in [3.05, 3.63) is 24.3 Å². The molecule has 0 spiro atoms. The predicted molar refractivity (Wildman–Crippen MR) is 101 cm³/mol. The van der Waals surface area contributed by atoms with Crippen molar-refractivity contribution >= 4 is 26.0 Å². The van der Waals surface area contributed by atoms with Gasteiger partial charge < -0.3 is 9.64 Å². The summed E-state index contributed by atoms with van der Waals surface area (Å²) >= 11 is 0. The van der Waals surface area contributed by atoms with Gasteiger partial charge in [-0.15, -0.1) is 0 Å². The fourth-order valence-corrected chi connectivity index (χ4v) is 5.70. The van der Waals surface area contributed by atoms with Gasteiger partial charge in [0.15, 0.2) is 9.84 Å². The van der Waals surface area contributed by atoms with E-state index in [1.165, 1.54) is 24.3 Å². The lowest BCUT2D eigenvalue weighted by molar-refractivity contribution is 0.0203. The molecule has 27 heavy (non-hydrogen) atoms. The minimum absolute atomic E-state index is 0.233. The van der Waals surface area contributed by atoms with Crippen LogP contribution in [0, 0.1) is 0 Å². The average Bonchev–Trinajstić information content (AvgIpc) is 2.53. The summed E-state index contributed by atoms with van der Waals surface area (Å²) in [6.07, 6.45) is 1.38. The number of ether oxygens (including phenoxy) is 1. The number of benzene rings is 1. The van der Waals surface area contributed by atoms with Crippen LogP contribution < -0.4 is 4.72 Å². The van der Waals surface area contributed by atoms with Gasteiger partial charge in [0.2, 0.25) is 10.0 Å². The summed E-state index contributed by atoms with van der Waals surface area (Å²) in [5.41, 5.74) is -0.592.